The molecule has 4 nitrogen and oxygen atoms in total. The average Bonchev–Trinajstić information content (AvgIpc) is 3.16. The van der Waals surface area contributed by atoms with E-state index < -0.39 is 0 Å². The topological polar surface area (TPSA) is 36.9 Å². The Hall–Kier alpha value is -0.355. The van der Waals surface area contributed by atoms with Crippen molar-refractivity contribution in [3.63, 3.8) is 0 Å². The quantitative estimate of drug-likeness (QED) is 0.577. The Morgan fingerprint density at radius 3 is 1.60 bits per heavy atom. The lowest BCUT2D eigenvalue weighted by Gasteiger charge is -2.32. The molecule has 5 heteroatoms. The summed E-state index contributed by atoms with van der Waals surface area (Å²) in [6.07, 6.45) is 4.78. The van der Waals surface area contributed by atoms with Crippen molar-refractivity contribution in [2.75, 3.05) is 13.2 Å². The molecular weight excluding hydrogens is 315 g/mol. The van der Waals surface area contributed by atoms with Gasteiger partial charge in [-0.1, -0.05) is 47.6 Å². The number of rotatable bonds is 1. The maximum absolute atomic E-state index is 6.08. The first-order valence-corrected chi connectivity index (χ1v) is 10.2. The van der Waals surface area contributed by atoms with Crippen LogP contribution in [0.15, 0.2) is 11.5 Å². The normalized spacial score (nSPS) is 24.9. The van der Waals surface area contributed by atoms with E-state index in [4.69, 9.17) is 18.8 Å². The predicted molar refractivity (Wildman–Crippen MR) is 107 cm³/mol. The Balaban J connectivity index is 0.000000871. The summed E-state index contributed by atoms with van der Waals surface area (Å²) in [5.41, 5.74) is 0.686. The van der Waals surface area contributed by atoms with Gasteiger partial charge in [-0.05, 0) is 39.6 Å². The molecule has 2 fully saturated rings. The molecule has 1 aliphatic carbocycles. The minimum atomic E-state index is -0.368. The second kappa shape index (κ2) is 10.7. The minimum absolute atomic E-state index is 0.219. The van der Waals surface area contributed by atoms with Crippen LogP contribution in [0.2, 0.25) is 0 Å². The van der Waals surface area contributed by atoms with Crippen molar-refractivity contribution in [2.24, 2.45) is 0 Å². The zero-order valence-electron chi connectivity index (χ0n) is 18.3. The number of hydrogen-bond donors (Lipinski definition) is 0. The van der Waals surface area contributed by atoms with Gasteiger partial charge in [-0.25, -0.2) is 0 Å². The van der Waals surface area contributed by atoms with Crippen molar-refractivity contribution in [1.82, 2.24) is 0 Å². The highest BCUT2D eigenvalue weighted by molar-refractivity contribution is 6.54. The Labute approximate surface area is 156 Å². The summed E-state index contributed by atoms with van der Waals surface area (Å²) in [4.78, 5) is 0. The van der Waals surface area contributed by atoms with E-state index in [1.807, 2.05) is 41.5 Å². The molecule has 2 saturated heterocycles. The third-order valence-corrected chi connectivity index (χ3v) is 4.84. The zero-order chi connectivity index (χ0) is 19.7. The summed E-state index contributed by atoms with van der Waals surface area (Å²) >= 11 is 0. The van der Waals surface area contributed by atoms with Gasteiger partial charge in [-0.3, -0.25) is 0 Å². The van der Waals surface area contributed by atoms with Crippen LogP contribution in [0.25, 0.3) is 0 Å². The molecule has 0 bridgehead atoms. The van der Waals surface area contributed by atoms with Gasteiger partial charge in [0.1, 0.15) is 0 Å². The second-order valence-corrected chi connectivity index (χ2v) is 6.68. The maximum Gasteiger partial charge on any atom is 0.490 e. The van der Waals surface area contributed by atoms with Crippen LogP contribution in [0.3, 0.4) is 0 Å². The van der Waals surface area contributed by atoms with Crippen molar-refractivity contribution >= 4 is 7.12 Å². The monoisotopic (exact) mass is 356 g/mol. The van der Waals surface area contributed by atoms with Gasteiger partial charge in [0.05, 0.1) is 24.4 Å². The van der Waals surface area contributed by atoms with Crippen LogP contribution in [-0.2, 0) is 18.8 Å². The summed E-state index contributed by atoms with van der Waals surface area (Å²) in [6, 6.07) is 0. The van der Waals surface area contributed by atoms with E-state index in [2.05, 4.69) is 33.8 Å². The van der Waals surface area contributed by atoms with Gasteiger partial charge >= 0.3 is 7.12 Å². The second-order valence-electron chi connectivity index (χ2n) is 6.68. The lowest BCUT2D eigenvalue weighted by Crippen LogP contribution is -2.41. The summed E-state index contributed by atoms with van der Waals surface area (Å²) in [6.45, 7) is 21.8. The van der Waals surface area contributed by atoms with Crippen LogP contribution in [0.1, 0.15) is 88.5 Å². The molecule has 0 atom stereocenters. The largest absolute Gasteiger partial charge is 0.490 e. The summed E-state index contributed by atoms with van der Waals surface area (Å²) in [5.74, 6) is -0.368. The molecule has 2 heterocycles. The van der Waals surface area contributed by atoms with Crippen LogP contribution in [0.5, 0.6) is 0 Å². The fourth-order valence-corrected chi connectivity index (χ4v) is 2.79. The number of allylic oxidation sites excluding steroid dienone is 1. The van der Waals surface area contributed by atoms with Crippen molar-refractivity contribution in [3.8, 4) is 0 Å². The Morgan fingerprint density at radius 2 is 1.24 bits per heavy atom. The van der Waals surface area contributed by atoms with Crippen LogP contribution in [-0.4, -0.2) is 37.3 Å². The molecule has 2 aliphatic heterocycles. The minimum Gasteiger partial charge on any atom is -0.400 e. The molecule has 1 spiro atoms. The first-order valence-electron chi connectivity index (χ1n) is 10.2. The number of hydrogen-bond acceptors (Lipinski definition) is 4. The third-order valence-electron chi connectivity index (χ3n) is 4.84. The fourth-order valence-electron chi connectivity index (χ4n) is 2.79. The van der Waals surface area contributed by atoms with Gasteiger partial charge in [0.2, 0.25) is 0 Å². The van der Waals surface area contributed by atoms with Crippen LogP contribution >= 0.6 is 0 Å². The standard InChI is InChI=1S/C14H23BO4.3C2H6/c1-12(2)13(3,4)19-15(18-12)11-5-7-14(8-6-11)16-9-10-17-14;3*1-2/h5H,6-10H2,1-4H3;3*1-2H3. The van der Waals surface area contributed by atoms with Crippen molar-refractivity contribution in [2.45, 2.75) is 105 Å². The summed E-state index contributed by atoms with van der Waals surface area (Å²) < 4.78 is 23.6. The van der Waals surface area contributed by atoms with Gasteiger partial charge in [0.25, 0.3) is 0 Å². The first kappa shape index (κ1) is 24.6. The zero-order valence-corrected chi connectivity index (χ0v) is 18.3. The molecule has 3 aliphatic rings. The van der Waals surface area contributed by atoms with Gasteiger partial charge < -0.3 is 18.8 Å². The van der Waals surface area contributed by atoms with Crippen LogP contribution in [0, 0.1) is 0 Å². The fraction of sp³-hybridized carbons (Fsp3) is 0.900. The Kier molecular flexibility index (Phi) is 10.6. The molecule has 0 amide bonds. The molecule has 0 aromatic carbocycles. The highest BCUT2D eigenvalue weighted by Crippen LogP contribution is 2.42. The molecule has 25 heavy (non-hydrogen) atoms. The molecule has 148 valence electrons. The predicted octanol–water partition coefficient (Wildman–Crippen LogP) is 5.55. The van der Waals surface area contributed by atoms with E-state index >= 15 is 0 Å². The van der Waals surface area contributed by atoms with Crippen molar-refractivity contribution in [3.05, 3.63) is 11.5 Å². The first-order chi connectivity index (χ1) is 11.8. The Bertz CT molecular complexity index is 383. The summed E-state index contributed by atoms with van der Waals surface area (Å²) in [5, 5.41) is 0. The van der Waals surface area contributed by atoms with Crippen molar-refractivity contribution in [1.29, 1.82) is 0 Å². The molecular formula is C20H41BO4. The Morgan fingerprint density at radius 1 is 0.800 bits per heavy atom. The molecule has 0 aromatic heterocycles. The van der Waals surface area contributed by atoms with E-state index in [-0.39, 0.29) is 24.1 Å². The van der Waals surface area contributed by atoms with E-state index in [9.17, 15) is 0 Å². The van der Waals surface area contributed by atoms with Gasteiger partial charge in [0, 0.05) is 12.8 Å². The SMILES string of the molecule is CC.CC.CC.CC1(C)OB(C2=CCC3(CC2)OCCO3)OC1(C)C. The lowest BCUT2D eigenvalue weighted by molar-refractivity contribution is -0.161. The summed E-state index contributed by atoms with van der Waals surface area (Å²) in [7, 11) is -0.219. The molecule has 0 aromatic rings. The molecule has 0 radical (unpaired) electrons. The van der Waals surface area contributed by atoms with E-state index in [0.717, 1.165) is 19.3 Å². The van der Waals surface area contributed by atoms with Crippen LogP contribution < -0.4 is 0 Å². The lowest BCUT2D eigenvalue weighted by atomic mass is 9.71. The molecule has 3 rings (SSSR count). The van der Waals surface area contributed by atoms with Gasteiger partial charge in [0.15, 0.2) is 5.79 Å². The highest BCUT2D eigenvalue weighted by atomic mass is 16.7. The molecule has 0 unspecified atom stereocenters. The number of ether oxygens (including phenoxy) is 2. The van der Waals surface area contributed by atoms with Gasteiger partial charge in [-0.15, -0.1) is 0 Å². The van der Waals surface area contributed by atoms with Gasteiger partial charge in [-0.2, -0.15) is 0 Å². The van der Waals surface area contributed by atoms with E-state index in [1.54, 1.807) is 0 Å². The van der Waals surface area contributed by atoms with Crippen molar-refractivity contribution < 1.29 is 18.8 Å². The maximum atomic E-state index is 6.08. The molecule has 0 N–H and O–H groups in total. The smallest absolute Gasteiger partial charge is 0.400 e. The average molecular weight is 356 g/mol. The van der Waals surface area contributed by atoms with Crippen LogP contribution in [0.4, 0.5) is 0 Å². The third kappa shape index (κ3) is 5.82. The van der Waals surface area contributed by atoms with E-state index in [0.29, 0.717) is 13.2 Å². The highest BCUT2D eigenvalue weighted by Gasteiger charge is 2.53. The molecule has 0 saturated carbocycles. The van der Waals surface area contributed by atoms with E-state index in [1.165, 1.54) is 5.47 Å².